The van der Waals surface area contributed by atoms with E-state index in [4.69, 9.17) is 11.5 Å². The van der Waals surface area contributed by atoms with Gasteiger partial charge in [-0.25, -0.2) is 9.97 Å². The van der Waals surface area contributed by atoms with E-state index in [1.54, 1.807) is 11.3 Å². The number of rotatable bonds is 3. The Balaban J connectivity index is 1.45. The summed E-state index contributed by atoms with van der Waals surface area (Å²) in [6.07, 6.45) is 4.04. The molecule has 0 spiro atoms. The van der Waals surface area contributed by atoms with Crippen LogP contribution in [0.15, 0.2) is 6.20 Å². The molecule has 5 N–H and O–H groups in total. The maximum absolute atomic E-state index is 5.89. The van der Waals surface area contributed by atoms with Crippen molar-refractivity contribution in [2.24, 2.45) is 0 Å². The summed E-state index contributed by atoms with van der Waals surface area (Å²) >= 11 is 1.77. The molecule has 4 rings (SSSR count). The summed E-state index contributed by atoms with van der Waals surface area (Å²) in [5.74, 6) is 1.83. The largest absolute Gasteiger partial charge is 0.382 e. The zero-order valence-corrected chi connectivity index (χ0v) is 14.3. The summed E-state index contributed by atoms with van der Waals surface area (Å²) in [6, 6.07) is 0. The standard InChI is InChI=1S/C15H20N8S/c1-8-6-18-10(24-8)7-23-4-2-9(3-5-23)13-19-11-12(16)20-15(17)22-14(11)21-13/h6,9H,2-5,7H2,1H3,(H5,16,17,19,20,21,22). The number of nitrogens with zero attached hydrogens (tertiary/aromatic N) is 5. The lowest BCUT2D eigenvalue weighted by molar-refractivity contribution is 0.202. The third-order valence-electron chi connectivity index (χ3n) is 4.42. The quantitative estimate of drug-likeness (QED) is 0.660. The molecule has 0 bridgehead atoms. The van der Waals surface area contributed by atoms with E-state index in [-0.39, 0.29) is 5.95 Å². The van der Waals surface area contributed by atoms with Gasteiger partial charge in [0, 0.05) is 17.0 Å². The lowest BCUT2D eigenvalue weighted by atomic mass is 9.96. The normalized spacial score (nSPS) is 16.9. The molecule has 1 saturated heterocycles. The Morgan fingerprint density at radius 1 is 1.25 bits per heavy atom. The Morgan fingerprint density at radius 2 is 2.04 bits per heavy atom. The minimum Gasteiger partial charge on any atom is -0.382 e. The van der Waals surface area contributed by atoms with E-state index in [0.29, 0.717) is 22.9 Å². The van der Waals surface area contributed by atoms with Crippen molar-refractivity contribution in [3.8, 4) is 0 Å². The fourth-order valence-corrected chi connectivity index (χ4v) is 4.01. The number of hydrogen-bond donors (Lipinski definition) is 3. The number of nitrogens with one attached hydrogen (secondary N) is 1. The van der Waals surface area contributed by atoms with Gasteiger partial charge in [-0.05, 0) is 32.9 Å². The number of likely N-dealkylation sites (tertiary alicyclic amines) is 1. The Bertz CT molecular complexity index is 862. The van der Waals surface area contributed by atoms with Crippen LogP contribution >= 0.6 is 11.3 Å². The summed E-state index contributed by atoms with van der Waals surface area (Å²) in [7, 11) is 0. The van der Waals surface area contributed by atoms with Gasteiger partial charge in [-0.1, -0.05) is 0 Å². The van der Waals surface area contributed by atoms with Crippen LogP contribution in [0.25, 0.3) is 11.2 Å². The summed E-state index contributed by atoms with van der Waals surface area (Å²) in [4.78, 5) is 24.2. The van der Waals surface area contributed by atoms with Crippen molar-refractivity contribution < 1.29 is 0 Å². The molecule has 0 aromatic carbocycles. The van der Waals surface area contributed by atoms with Gasteiger partial charge in [0.05, 0.1) is 6.54 Å². The van der Waals surface area contributed by atoms with Crippen LogP contribution in [-0.2, 0) is 6.54 Å². The summed E-state index contributed by atoms with van der Waals surface area (Å²) in [6.45, 7) is 5.09. The zero-order valence-electron chi connectivity index (χ0n) is 13.5. The summed E-state index contributed by atoms with van der Waals surface area (Å²) in [5, 5.41) is 1.19. The molecule has 1 fully saturated rings. The highest BCUT2D eigenvalue weighted by Crippen LogP contribution is 2.29. The number of aromatic amines is 1. The smallest absolute Gasteiger partial charge is 0.224 e. The summed E-state index contributed by atoms with van der Waals surface area (Å²) in [5.41, 5.74) is 12.8. The molecule has 9 heteroatoms. The van der Waals surface area contributed by atoms with E-state index in [1.165, 1.54) is 9.88 Å². The first-order valence-corrected chi connectivity index (χ1v) is 8.82. The molecule has 126 valence electrons. The molecule has 0 radical (unpaired) electrons. The Hall–Kier alpha value is -2.26. The second-order valence-electron chi connectivity index (χ2n) is 6.20. The first kappa shape index (κ1) is 15.3. The highest BCUT2D eigenvalue weighted by atomic mass is 32.1. The van der Waals surface area contributed by atoms with Crippen LogP contribution in [-0.4, -0.2) is 42.9 Å². The number of hydrogen-bond acceptors (Lipinski definition) is 8. The van der Waals surface area contributed by atoms with Crippen LogP contribution in [0, 0.1) is 6.92 Å². The molecule has 4 heterocycles. The van der Waals surface area contributed by atoms with Crippen molar-refractivity contribution in [3.63, 3.8) is 0 Å². The lowest BCUT2D eigenvalue weighted by Gasteiger charge is -2.30. The van der Waals surface area contributed by atoms with Crippen molar-refractivity contribution in [1.82, 2.24) is 29.8 Å². The molecule has 1 aliphatic rings. The second-order valence-corrected chi connectivity index (χ2v) is 7.52. The van der Waals surface area contributed by atoms with Crippen LogP contribution in [0.4, 0.5) is 11.8 Å². The molecule has 1 aliphatic heterocycles. The number of nitrogen functional groups attached to an aromatic ring is 2. The molecular formula is C15H20N8S. The third kappa shape index (κ3) is 2.92. The molecule has 0 saturated carbocycles. The molecule has 8 nitrogen and oxygen atoms in total. The van der Waals surface area contributed by atoms with Crippen LogP contribution in [0.1, 0.15) is 34.5 Å². The number of aryl methyl sites for hydroxylation is 1. The number of thiazole rings is 1. The number of H-pyrrole nitrogens is 1. The van der Waals surface area contributed by atoms with E-state index < -0.39 is 0 Å². The van der Waals surface area contributed by atoms with Gasteiger partial charge in [-0.15, -0.1) is 11.3 Å². The molecule has 0 aliphatic carbocycles. The Morgan fingerprint density at radius 3 is 2.75 bits per heavy atom. The van der Waals surface area contributed by atoms with Gasteiger partial charge >= 0.3 is 0 Å². The average molecular weight is 344 g/mol. The Labute approximate surface area is 143 Å². The molecule has 0 amide bonds. The molecule has 0 atom stereocenters. The number of fused-ring (bicyclic) bond motifs is 1. The first-order valence-electron chi connectivity index (χ1n) is 8.01. The molecule has 3 aromatic heterocycles. The first-order chi connectivity index (χ1) is 11.6. The monoisotopic (exact) mass is 344 g/mol. The maximum atomic E-state index is 5.89. The van der Waals surface area contributed by atoms with Gasteiger partial charge in [-0.3, -0.25) is 4.90 Å². The van der Waals surface area contributed by atoms with Gasteiger partial charge < -0.3 is 16.5 Å². The van der Waals surface area contributed by atoms with Crippen molar-refractivity contribution >= 4 is 34.3 Å². The highest BCUT2D eigenvalue weighted by Gasteiger charge is 2.24. The number of piperidine rings is 1. The average Bonchev–Trinajstić information content (AvgIpc) is 3.14. The van der Waals surface area contributed by atoms with E-state index in [1.807, 2.05) is 6.20 Å². The summed E-state index contributed by atoms with van der Waals surface area (Å²) < 4.78 is 0. The highest BCUT2D eigenvalue weighted by molar-refractivity contribution is 7.11. The molecule has 0 unspecified atom stereocenters. The maximum Gasteiger partial charge on any atom is 0.224 e. The second kappa shape index (κ2) is 5.99. The number of aromatic nitrogens is 5. The molecular weight excluding hydrogens is 324 g/mol. The van der Waals surface area contributed by atoms with Crippen LogP contribution in [0.5, 0.6) is 0 Å². The van der Waals surface area contributed by atoms with Crippen molar-refractivity contribution in [1.29, 1.82) is 0 Å². The Kier molecular flexibility index (Phi) is 3.81. The minimum atomic E-state index is 0.159. The van der Waals surface area contributed by atoms with Gasteiger partial charge in [0.25, 0.3) is 0 Å². The van der Waals surface area contributed by atoms with E-state index in [0.717, 1.165) is 38.3 Å². The van der Waals surface area contributed by atoms with Crippen LogP contribution in [0.2, 0.25) is 0 Å². The fraction of sp³-hybridized carbons (Fsp3) is 0.467. The van der Waals surface area contributed by atoms with Crippen LogP contribution < -0.4 is 11.5 Å². The van der Waals surface area contributed by atoms with E-state index >= 15 is 0 Å². The SMILES string of the molecule is Cc1cnc(CN2CCC(c3nc4nc(N)nc(N)c4[nH]3)CC2)s1. The van der Waals surface area contributed by atoms with Crippen molar-refractivity contribution in [3.05, 3.63) is 21.9 Å². The lowest BCUT2D eigenvalue weighted by Crippen LogP contribution is -2.32. The predicted molar refractivity (Wildman–Crippen MR) is 94.6 cm³/mol. The van der Waals surface area contributed by atoms with Crippen molar-refractivity contribution in [2.45, 2.75) is 32.2 Å². The van der Waals surface area contributed by atoms with Gasteiger partial charge in [-0.2, -0.15) is 9.97 Å². The topological polar surface area (TPSA) is 123 Å². The van der Waals surface area contributed by atoms with Gasteiger partial charge in [0.2, 0.25) is 5.95 Å². The van der Waals surface area contributed by atoms with Gasteiger partial charge in [0.15, 0.2) is 11.5 Å². The van der Waals surface area contributed by atoms with E-state index in [9.17, 15) is 0 Å². The van der Waals surface area contributed by atoms with Crippen LogP contribution in [0.3, 0.4) is 0 Å². The number of nitrogens with two attached hydrogens (primary N) is 2. The molecule has 24 heavy (non-hydrogen) atoms. The third-order valence-corrected chi connectivity index (χ3v) is 5.31. The zero-order chi connectivity index (χ0) is 16.7. The van der Waals surface area contributed by atoms with Crippen molar-refractivity contribution in [2.75, 3.05) is 24.6 Å². The fourth-order valence-electron chi connectivity index (χ4n) is 3.18. The number of anilines is 2. The predicted octanol–water partition coefficient (Wildman–Crippen LogP) is 1.66. The molecule has 3 aromatic rings. The number of imidazole rings is 1. The van der Waals surface area contributed by atoms with E-state index in [2.05, 4.69) is 36.7 Å². The van der Waals surface area contributed by atoms with Gasteiger partial charge in [0.1, 0.15) is 16.3 Å². The minimum absolute atomic E-state index is 0.159.